The van der Waals surface area contributed by atoms with E-state index in [4.69, 9.17) is 10.3 Å². The predicted octanol–water partition coefficient (Wildman–Crippen LogP) is 2.38. The van der Waals surface area contributed by atoms with Crippen LogP contribution in [0.3, 0.4) is 0 Å². The lowest BCUT2D eigenvalue weighted by atomic mass is 10.1. The third-order valence-corrected chi connectivity index (χ3v) is 3.69. The summed E-state index contributed by atoms with van der Waals surface area (Å²) in [7, 11) is 0. The van der Waals surface area contributed by atoms with E-state index in [1.807, 2.05) is 12.1 Å². The van der Waals surface area contributed by atoms with Gasteiger partial charge in [-0.15, -0.1) is 12.4 Å². The van der Waals surface area contributed by atoms with E-state index in [-0.39, 0.29) is 17.9 Å². The molecule has 19 heavy (non-hydrogen) atoms. The van der Waals surface area contributed by atoms with Crippen LogP contribution in [-0.4, -0.2) is 15.1 Å². The smallest absolute Gasteiger partial charge is 0.230 e. The Balaban J connectivity index is 0.00000110. The Morgan fingerprint density at radius 2 is 2.05 bits per heavy atom. The summed E-state index contributed by atoms with van der Waals surface area (Å²) in [6.45, 7) is 0. The van der Waals surface area contributed by atoms with Crippen molar-refractivity contribution in [3.05, 3.63) is 29.9 Å². The van der Waals surface area contributed by atoms with E-state index in [1.54, 1.807) is 6.20 Å². The molecule has 2 heterocycles. The molecule has 5 nitrogen and oxygen atoms in total. The van der Waals surface area contributed by atoms with Crippen molar-refractivity contribution in [2.75, 3.05) is 0 Å². The first kappa shape index (κ1) is 12.6. The van der Waals surface area contributed by atoms with Crippen molar-refractivity contribution in [3.63, 3.8) is 0 Å². The average Bonchev–Trinajstić information content (AvgIpc) is 3.32. The fourth-order valence-corrected chi connectivity index (χ4v) is 2.06. The first-order valence-electron chi connectivity index (χ1n) is 6.34. The summed E-state index contributed by atoms with van der Waals surface area (Å²) in [5, 5.41) is 4.00. The Hall–Kier alpha value is -1.46. The Labute approximate surface area is 117 Å². The summed E-state index contributed by atoms with van der Waals surface area (Å²) in [5.74, 6) is 1.86. The minimum Gasteiger partial charge on any atom is -0.339 e. The van der Waals surface area contributed by atoms with Gasteiger partial charge in [0.2, 0.25) is 11.7 Å². The molecular weight excluding hydrogens is 264 g/mol. The molecule has 2 aliphatic rings. The molecule has 2 aromatic heterocycles. The van der Waals surface area contributed by atoms with Gasteiger partial charge in [-0.2, -0.15) is 4.98 Å². The summed E-state index contributed by atoms with van der Waals surface area (Å²) in [5.41, 5.74) is 7.75. The number of nitrogens with two attached hydrogens (primary N) is 1. The van der Waals surface area contributed by atoms with Gasteiger partial charge in [0.25, 0.3) is 0 Å². The molecule has 2 fully saturated rings. The summed E-state index contributed by atoms with van der Waals surface area (Å²) >= 11 is 0. The van der Waals surface area contributed by atoms with Crippen LogP contribution in [0.5, 0.6) is 0 Å². The van der Waals surface area contributed by atoms with Gasteiger partial charge < -0.3 is 10.3 Å². The zero-order chi connectivity index (χ0) is 12.2. The summed E-state index contributed by atoms with van der Waals surface area (Å²) < 4.78 is 5.24. The SMILES string of the molecule is Cl.NC1(c2ccc(-c3noc(C4CC4)n3)cn2)CC1. The first-order valence-corrected chi connectivity index (χ1v) is 6.34. The van der Waals surface area contributed by atoms with Crippen molar-refractivity contribution in [2.45, 2.75) is 37.1 Å². The van der Waals surface area contributed by atoms with Crippen LogP contribution in [-0.2, 0) is 5.54 Å². The third kappa shape index (κ3) is 2.24. The van der Waals surface area contributed by atoms with Crippen molar-refractivity contribution in [2.24, 2.45) is 5.73 Å². The molecule has 0 saturated heterocycles. The average molecular weight is 279 g/mol. The van der Waals surface area contributed by atoms with Gasteiger partial charge in [0.15, 0.2) is 0 Å². The molecule has 0 radical (unpaired) electrons. The lowest BCUT2D eigenvalue weighted by Crippen LogP contribution is -2.19. The molecule has 0 aromatic carbocycles. The van der Waals surface area contributed by atoms with E-state index < -0.39 is 0 Å². The molecule has 100 valence electrons. The topological polar surface area (TPSA) is 77.8 Å². The van der Waals surface area contributed by atoms with Crippen LogP contribution in [0.25, 0.3) is 11.4 Å². The summed E-state index contributed by atoms with van der Waals surface area (Å²) in [4.78, 5) is 8.81. The molecule has 2 saturated carbocycles. The van der Waals surface area contributed by atoms with Crippen LogP contribution in [0.4, 0.5) is 0 Å². The fourth-order valence-electron chi connectivity index (χ4n) is 2.06. The minimum atomic E-state index is -0.186. The number of hydrogen-bond acceptors (Lipinski definition) is 5. The molecule has 6 heteroatoms. The van der Waals surface area contributed by atoms with Gasteiger partial charge in [0.05, 0.1) is 11.2 Å². The molecule has 2 N–H and O–H groups in total. The maximum Gasteiger partial charge on any atom is 0.230 e. The molecule has 0 atom stereocenters. The molecule has 0 spiro atoms. The van der Waals surface area contributed by atoms with Gasteiger partial charge >= 0.3 is 0 Å². The maximum atomic E-state index is 6.10. The van der Waals surface area contributed by atoms with Crippen LogP contribution < -0.4 is 5.73 Å². The second-order valence-corrected chi connectivity index (χ2v) is 5.32. The molecule has 2 aromatic rings. The van der Waals surface area contributed by atoms with E-state index >= 15 is 0 Å². The first-order chi connectivity index (χ1) is 8.74. The van der Waals surface area contributed by atoms with E-state index in [0.717, 1.165) is 42.8 Å². The lowest BCUT2D eigenvalue weighted by molar-refractivity contribution is 0.380. The number of hydrogen-bond donors (Lipinski definition) is 1. The van der Waals surface area contributed by atoms with Crippen molar-refractivity contribution < 1.29 is 4.52 Å². The molecule has 0 amide bonds. The quantitative estimate of drug-likeness (QED) is 0.933. The van der Waals surface area contributed by atoms with E-state index in [2.05, 4.69) is 15.1 Å². The minimum absolute atomic E-state index is 0. The predicted molar refractivity (Wildman–Crippen MR) is 71.9 cm³/mol. The zero-order valence-corrected chi connectivity index (χ0v) is 11.2. The van der Waals surface area contributed by atoms with Crippen LogP contribution in [0.15, 0.2) is 22.9 Å². The number of rotatable bonds is 3. The van der Waals surface area contributed by atoms with Crippen molar-refractivity contribution in [1.82, 2.24) is 15.1 Å². The maximum absolute atomic E-state index is 6.10. The molecule has 0 aliphatic heterocycles. The highest BCUT2D eigenvalue weighted by molar-refractivity contribution is 5.85. The zero-order valence-electron chi connectivity index (χ0n) is 10.4. The number of halogens is 1. The second kappa shape index (κ2) is 4.28. The van der Waals surface area contributed by atoms with Gasteiger partial charge in [-0.3, -0.25) is 4.98 Å². The van der Waals surface area contributed by atoms with E-state index in [1.165, 1.54) is 0 Å². The van der Waals surface area contributed by atoms with Crippen molar-refractivity contribution >= 4 is 12.4 Å². The van der Waals surface area contributed by atoms with Crippen molar-refractivity contribution in [3.8, 4) is 11.4 Å². The second-order valence-electron chi connectivity index (χ2n) is 5.32. The van der Waals surface area contributed by atoms with Crippen LogP contribution in [0.2, 0.25) is 0 Å². The summed E-state index contributed by atoms with van der Waals surface area (Å²) in [6, 6.07) is 3.94. The van der Waals surface area contributed by atoms with Gasteiger partial charge in [-0.05, 0) is 37.8 Å². The number of nitrogens with zero attached hydrogens (tertiary/aromatic N) is 3. The molecule has 0 bridgehead atoms. The molecule has 4 rings (SSSR count). The number of aromatic nitrogens is 3. The van der Waals surface area contributed by atoms with Gasteiger partial charge in [-0.1, -0.05) is 5.16 Å². The molecule has 0 unspecified atom stereocenters. The van der Waals surface area contributed by atoms with Crippen LogP contribution in [0.1, 0.15) is 43.2 Å². The standard InChI is InChI=1S/C13H14N4O.ClH/c14-13(5-6-13)10-4-3-9(7-15-10)11-16-12(18-17-11)8-1-2-8;/h3-4,7-8H,1-2,5-6,14H2;1H. The highest BCUT2D eigenvalue weighted by Gasteiger charge is 2.41. The lowest BCUT2D eigenvalue weighted by Gasteiger charge is -2.07. The van der Waals surface area contributed by atoms with E-state index in [0.29, 0.717) is 11.7 Å². The monoisotopic (exact) mass is 278 g/mol. The van der Waals surface area contributed by atoms with Gasteiger partial charge in [-0.25, -0.2) is 0 Å². The Kier molecular flexibility index (Phi) is 2.83. The highest BCUT2D eigenvalue weighted by atomic mass is 35.5. The molecule has 2 aliphatic carbocycles. The highest BCUT2D eigenvalue weighted by Crippen LogP contribution is 2.42. The normalized spacial score (nSPS) is 19.8. The van der Waals surface area contributed by atoms with Gasteiger partial charge in [0, 0.05) is 17.7 Å². The van der Waals surface area contributed by atoms with Crippen LogP contribution in [0, 0.1) is 0 Å². The fraction of sp³-hybridized carbons (Fsp3) is 0.462. The largest absolute Gasteiger partial charge is 0.339 e. The van der Waals surface area contributed by atoms with E-state index in [9.17, 15) is 0 Å². The van der Waals surface area contributed by atoms with Crippen LogP contribution >= 0.6 is 12.4 Å². The third-order valence-electron chi connectivity index (χ3n) is 3.69. The van der Waals surface area contributed by atoms with Crippen molar-refractivity contribution in [1.29, 1.82) is 0 Å². The summed E-state index contributed by atoms with van der Waals surface area (Å²) in [6.07, 6.45) is 6.15. The Bertz CT molecular complexity index is 587. The van der Waals surface area contributed by atoms with Gasteiger partial charge in [0.1, 0.15) is 0 Å². The Morgan fingerprint density at radius 1 is 1.26 bits per heavy atom. The Morgan fingerprint density at radius 3 is 2.63 bits per heavy atom. The number of pyridine rings is 1. The molecular formula is C13H15ClN4O.